The van der Waals surface area contributed by atoms with Gasteiger partial charge in [0.1, 0.15) is 12.1 Å². The molecule has 1 aliphatic heterocycles. The van der Waals surface area contributed by atoms with Crippen LogP contribution in [-0.4, -0.2) is 60.0 Å². The summed E-state index contributed by atoms with van der Waals surface area (Å²) in [5.74, 6) is -0.675. The number of rotatable bonds is 5. The van der Waals surface area contributed by atoms with E-state index < -0.39 is 17.7 Å². The van der Waals surface area contributed by atoms with Crippen molar-refractivity contribution in [2.45, 2.75) is 24.9 Å². The molecule has 9 nitrogen and oxygen atoms in total. The molecule has 32 heavy (non-hydrogen) atoms. The van der Waals surface area contributed by atoms with Crippen molar-refractivity contribution in [3.63, 3.8) is 0 Å². The number of imide groups is 1. The summed E-state index contributed by atoms with van der Waals surface area (Å²) in [7, 11) is 2.89. The number of ether oxygens (including phenoxy) is 1. The number of carbonyl (C=O) groups is 4. The normalized spacial score (nSPS) is 19.0. The summed E-state index contributed by atoms with van der Waals surface area (Å²) >= 11 is 0. The number of anilines is 1. The van der Waals surface area contributed by atoms with Gasteiger partial charge in [-0.1, -0.05) is 36.4 Å². The zero-order chi connectivity index (χ0) is 22.9. The van der Waals surface area contributed by atoms with Gasteiger partial charge in [0.15, 0.2) is 0 Å². The summed E-state index contributed by atoms with van der Waals surface area (Å²) in [4.78, 5) is 51.9. The lowest BCUT2D eigenvalue weighted by molar-refractivity contribution is -0.125. The van der Waals surface area contributed by atoms with E-state index >= 15 is 0 Å². The van der Waals surface area contributed by atoms with Gasteiger partial charge in [-0.05, 0) is 28.8 Å². The molecule has 2 aromatic rings. The highest BCUT2D eigenvalue weighted by molar-refractivity contribution is 6.07. The van der Waals surface area contributed by atoms with E-state index in [9.17, 15) is 19.2 Å². The number of methoxy groups -OCH3 is 1. The second-order valence-electron chi connectivity index (χ2n) is 8.05. The van der Waals surface area contributed by atoms with Crippen LogP contribution in [0.25, 0.3) is 0 Å². The highest BCUT2D eigenvalue weighted by Crippen LogP contribution is 2.38. The van der Waals surface area contributed by atoms with Crippen LogP contribution in [-0.2, 0) is 33.7 Å². The van der Waals surface area contributed by atoms with Gasteiger partial charge in [0.05, 0.1) is 7.11 Å². The Morgan fingerprint density at radius 3 is 2.50 bits per heavy atom. The Kier molecular flexibility index (Phi) is 5.56. The standard InChI is InChI=1S/C23H24N4O5/c1-26-21(30)25-20(29)23(26)11-16-8-9-18(10-17(16)12-23)24-19(28)14-27(22(31)32-2)13-15-6-4-3-5-7-15/h3-10H,11-14H2,1-2H3,(H,24,28)(H,25,29,30). The highest BCUT2D eigenvalue weighted by Gasteiger charge is 2.54. The van der Waals surface area contributed by atoms with E-state index in [-0.39, 0.29) is 24.9 Å². The number of hydrogen-bond acceptors (Lipinski definition) is 5. The van der Waals surface area contributed by atoms with Crippen molar-refractivity contribution in [1.82, 2.24) is 15.1 Å². The number of nitrogens with zero attached hydrogens (tertiary/aromatic N) is 2. The molecule has 0 bridgehead atoms. The quantitative estimate of drug-likeness (QED) is 0.697. The number of amides is 5. The average Bonchev–Trinajstić information content (AvgIpc) is 3.26. The fourth-order valence-electron chi connectivity index (χ4n) is 4.27. The van der Waals surface area contributed by atoms with E-state index in [4.69, 9.17) is 4.74 Å². The molecule has 0 radical (unpaired) electrons. The van der Waals surface area contributed by atoms with Crippen LogP contribution in [0.3, 0.4) is 0 Å². The third-order valence-corrected chi connectivity index (χ3v) is 6.03. The molecule has 2 aromatic carbocycles. The second kappa shape index (κ2) is 8.33. The first kappa shape index (κ1) is 21.4. The lowest BCUT2D eigenvalue weighted by Crippen LogP contribution is -2.48. The SMILES string of the molecule is COC(=O)N(CC(=O)Nc1ccc2c(c1)CC1(C2)C(=O)NC(=O)N1C)Cc1ccccc1. The number of urea groups is 1. The van der Waals surface area contributed by atoms with Crippen molar-refractivity contribution >= 4 is 29.6 Å². The lowest BCUT2D eigenvalue weighted by Gasteiger charge is -2.27. The van der Waals surface area contributed by atoms with Crippen LogP contribution in [0.15, 0.2) is 48.5 Å². The predicted molar refractivity (Wildman–Crippen MR) is 116 cm³/mol. The topological polar surface area (TPSA) is 108 Å². The molecule has 1 atom stereocenters. The molecule has 1 aliphatic carbocycles. The van der Waals surface area contributed by atoms with Gasteiger partial charge in [-0.15, -0.1) is 0 Å². The summed E-state index contributed by atoms with van der Waals surface area (Å²) in [6.45, 7) is 0.0609. The van der Waals surface area contributed by atoms with E-state index in [1.54, 1.807) is 13.1 Å². The van der Waals surface area contributed by atoms with Crippen molar-refractivity contribution in [1.29, 1.82) is 0 Å². The maximum atomic E-state index is 12.7. The van der Waals surface area contributed by atoms with Gasteiger partial charge in [0.25, 0.3) is 5.91 Å². The smallest absolute Gasteiger partial charge is 0.410 e. The van der Waals surface area contributed by atoms with Crippen LogP contribution < -0.4 is 10.6 Å². The molecular weight excluding hydrogens is 412 g/mol. The van der Waals surface area contributed by atoms with Gasteiger partial charge in [0.2, 0.25) is 5.91 Å². The molecule has 0 saturated carbocycles. The van der Waals surface area contributed by atoms with E-state index in [1.165, 1.54) is 16.9 Å². The van der Waals surface area contributed by atoms with Gasteiger partial charge in [0, 0.05) is 32.1 Å². The van der Waals surface area contributed by atoms with Crippen LogP contribution in [0, 0.1) is 0 Å². The molecule has 1 spiro atoms. The Labute approximate surface area is 185 Å². The summed E-state index contributed by atoms with van der Waals surface area (Å²) < 4.78 is 4.82. The van der Waals surface area contributed by atoms with Gasteiger partial charge in [-0.2, -0.15) is 0 Å². The molecule has 0 aromatic heterocycles. The number of carbonyl (C=O) groups excluding carboxylic acids is 4. The zero-order valence-electron chi connectivity index (χ0n) is 17.9. The first-order valence-electron chi connectivity index (χ1n) is 10.2. The van der Waals surface area contributed by atoms with Crippen molar-refractivity contribution in [2.75, 3.05) is 26.0 Å². The Bertz CT molecular complexity index is 1090. The van der Waals surface area contributed by atoms with E-state index in [2.05, 4.69) is 10.6 Å². The molecule has 166 valence electrons. The number of nitrogens with one attached hydrogen (secondary N) is 2. The first-order valence-corrected chi connectivity index (χ1v) is 10.2. The molecule has 2 N–H and O–H groups in total. The Morgan fingerprint density at radius 2 is 1.84 bits per heavy atom. The van der Waals surface area contributed by atoms with Gasteiger partial charge < -0.3 is 15.0 Å². The fourth-order valence-corrected chi connectivity index (χ4v) is 4.27. The Morgan fingerprint density at radius 1 is 1.12 bits per heavy atom. The summed E-state index contributed by atoms with van der Waals surface area (Å²) in [5, 5.41) is 5.18. The molecule has 1 unspecified atom stereocenters. The first-order chi connectivity index (χ1) is 15.3. The van der Waals surface area contributed by atoms with Crippen molar-refractivity contribution < 1.29 is 23.9 Å². The second-order valence-corrected chi connectivity index (χ2v) is 8.05. The summed E-state index contributed by atoms with van der Waals surface area (Å²) in [6.07, 6.45) is 0.208. The number of benzene rings is 2. The van der Waals surface area contributed by atoms with Gasteiger partial charge >= 0.3 is 12.1 Å². The van der Waals surface area contributed by atoms with Crippen LogP contribution in [0.2, 0.25) is 0 Å². The van der Waals surface area contributed by atoms with Crippen LogP contribution in [0.1, 0.15) is 16.7 Å². The van der Waals surface area contributed by atoms with Crippen molar-refractivity contribution in [3.05, 3.63) is 65.2 Å². The van der Waals surface area contributed by atoms with Gasteiger partial charge in [-0.25, -0.2) is 9.59 Å². The van der Waals surface area contributed by atoms with E-state index in [1.807, 2.05) is 42.5 Å². The monoisotopic (exact) mass is 436 g/mol. The highest BCUT2D eigenvalue weighted by atomic mass is 16.5. The van der Waals surface area contributed by atoms with E-state index in [0.29, 0.717) is 18.5 Å². The van der Waals surface area contributed by atoms with Crippen molar-refractivity contribution in [2.24, 2.45) is 0 Å². The number of likely N-dealkylation sites (N-methyl/N-ethyl adjacent to an activating group) is 1. The van der Waals surface area contributed by atoms with Crippen LogP contribution in [0.4, 0.5) is 15.3 Å². The minimum Gasteiger partial charge on any atom is -0.453 e. The molecule has 1 saturated heterocycles. The minimum atomic E-state index is -0.917. The van der Waals surface area contributed by atoms with Gasteiger partial charge in [-0.3, -0.25) is 19.8 Å². The predicted octanol–water partition coefficient (Wildman–Crippen LogP) is 1.91. The maximum absolute atomic E-state index is 12.7. The molecule has 9 heteroatoms. The zero-order valence-corrected chi connectivity index (χ0v) is 17.9. The average molecular weight is 436 g/mol. The third kappa shape index (κ3) is 3.89. The molecule has 2 aliphatic rings. The van der Waals surface area contributed by atoms with E-state index in [0.717, 1.165) is 16.7 Å². The largest absolute Gasteiger partial charge is 0.453 e. The maximum Gasteiger partial charge on any atom is 0.410 e. The molecule has 1 heterocycles. The van der Waals surface area contributed by atoms with Crippen LogP contribution >= 0.6 is 0 Å². The summed E-state index contributed by atoms with van der Waals surface area (Å²) in [5.41, 5.74) is 2.37. The Balaban J connectivity index is 1.44. The minimum absolute atomic E-state index is 0.178. The molecule has 1 fully saturated rings. The lowest BCUT2D eigenvalue weighted by atomic mass is 9.95. The van der Waals surface area contributed by atoms with Crippen molar-refractivity contribution in [3.8, 4) is 0 Å². The van der Waals surface area contributed by atoms with Crippen LogP contribution in [0.5, 0.6) is 0 Å². The number of fused-ring (bicyclic) bond motifs is 1. The molecular formula is C23H24N4O5. The summed E-state index contributed by atoms with van der Waals surface area (Å²) in [6, 6.07) is 14.3. The Hall–Kier alpha value is -3.88. The fraction of sp³-hybridized carbons (Fsp3) is 0.304. The molecule has 4 rings (SSSR count). The number of hydrogen-bond donors (Lipinski definition) is 2. The molecule has 5 amide bonds. The third-order valence-electron chi connectivity index (χ3n) is 6.03.